The van der Waals surface area contributed by atoms with Crippen molar-refractivity contribution in [2.75, 3.05) is 0 Å². The third kappa shape index (κ3) is 0.594. The Morgan fingerprint density at radius 2 is 2.09 bits per heavy atom. The molecule has 60 valence electrons. The Kier molecular flexibility index (Phi) is 0.863. The molecule has 0 saturated carbocycles. The number of ether oxygens (including phenoxy) is 2. The summed E-state index contributed by atoms with van der Waals surface area (Å²) >= 11 is 0. The van der Waals surface area contributed by atoms with Crippen LogP contribution in [0.1, 0.15) is 6.42 Å². The van der Waals surface area contributed by atoms with E-state index in [4.69, 9.17) is 14.6 Å². The third-order valence-corrected chi connectivity index (χ3v) is 2.78. The van der Waals surface area contributed by atoms with E-state index in [0.29, 0.717) is 6.42 Å². The molecule has 0 aromatic rings. The molecule has 0 unspecified atom stereocenters. The van der Waals surface area contributed by atoms with Gasteiger partial charge in [0.05, 0.1) is 12.0 Å². The molecule has 3 rings (SSSR count). The van der Waals surface area contributed by atoms with Crippen LogP contribution < -0.4 is 0 Å². The molecule has 0 aromatic heterocycles. The maximum atomic E-state index is 10.6. The van der Waals surface area contributed by atoms with E-state index in [-0.39, 0.29) is 30.3 Å². The zero-order chi connectivity index (χ0) is 7.59. The van der Waals surface area contributed by atoms with Gasteiger partial charge >= 0.3 is 5.97 Å². The molecule has 3 aliphatic heterocycles. The summed E-state index contributed by atoms with van der Waals surface area (Å²) in [5.74, 6) is -1.06. The fraction of sp³-hybridized carbons (Fsp3) is 0.857. The minimum atomic E-state index is -0.744. The molecule has 0 spiro atoms. The molecule has 0 radical (unpaired) electrons. The highest BCUT2D eigenvalue weighted by Crippen LogP contribution is 2.50. The molecular formula is C7H8O4. The summed E-state index contributed by atoms with van der Waals surface area (Å²) in [7, 11) is 0. The molecule has 5 atom stereocenters. The van der Waals surface area contributed by atoms with E-state index in [9.17, 15) is 4.79 Å². The standard InChI is InChI=1S/C7H8O4/c8-7(9)2-1-3-5-6(11-5)4(2)10-3/h2-6H,1H2,(H,8,9)/t2-,3+,4+,5+,6-/m0/s1. The number of carboxylic acids is 1. The Hall–Kier alpha value is -0.610. The molecule has 3 aliphatic rings. The largest absolute Gasteiger partial charge is 0.481 e. The van der Waals surface area contributed by atoms with Crippen LogP contribution in [0.5, 0.6) is 0 Å². The van der Waals surface area contributed by atoms with Crippen LogP contribution in [0.2, 0.25) is 0 Å². The first-order chi connectivity index (χ1) is 5.27. The van der Waals surface area contributed by atoms with Crippen LogP contribution >= 0.6 is 0 Å². The highest BCUT2D eigenvalue weighted by atomic mass is 16.7. The highest BCUT2D eigenvalue weighted by Gasteiger charge is 2.66. The van der Waals surface area contributed by atoms with Crippen molar-refractivity contribution >= 4 is 5.97 Å². The molecule has 0 aromatic carbocycles. The first kappa shape index (κ1) is 5.97. The normalized spacial score (nSPS) is 57.6. The van der Waals surface area contributed by atoms with Crippen LogP contribution in [0.3, 0.4) is 0 Å². The molecule has 11 heavy (non-hydrogen) atoms. The summed E-state index contributed by atoms with van der Waals surface area (Å²) in [5.41, 5.74) is 0. The van der Waals surface area contributed by atoms with Crippen molar-refractivity contribution in [1.29, 1.82) is 0 Å². The Morgan fingerprint density at radius 1 is 1.27 bits per heavy atom. The Morgan fingerprint density at radius 3 is 2.64 bits per heavy atom. The molecule has 3 fully saturated rings. The van der Waals surface area contributed by atoms with Gasteiger partial charge in [0, 0.05) is 0 Å². The number of hydrogen-bond donors (Lipinski definition) is 1. The monoisotopic (exact) mass is 156 g/mol. The first-order valence-electron chi connectivity index (χ1n) is 3.81. The summed E-state index contributed by atoms with van der Waals surface area (Å²) in [6, 6.07) is 0. The number of hydrogen-bond acceptors (Lipinski definition) is 3. The third-order valence-electron chi connectivity index (χ3n) is 2.78. The molecule has 0 amide bonds. The Balaban J connectivity index is 1.87. The second-order valence-electron chi connectivity index (χ2n) is 3.38. The summed E-state index contributed by atoms with van der Waals surface area (Å²) < 4.78 is 10.6. The first-order valence-corrected chi connectivity index (χ1v) is 3.81. The van der Waals surface area contributed by atoms with Gasteiger partial charge in [-0.25, -0.2) is 0 Å². The van der Waals surface area contributed by atoms with E-state index in [1.807, 2.05) is 0 Å². The lowest BCUT2D eigenvalue weighted by Gasteiger charge is -2.10. The minimum Gasteiger partial charge on any atom is -0.481 e. The van der Waals surface area contributed by atoms with Crippen LogP contribution in [0, 0.1) is 5.92 Å². The van der Waals surface area contributed by atoms with Crippen LogP contribution in [-0.2, 0) is 14.3 Å². The summed E-state index contributed by atoms with van der Waals surface area (Å²) in [6.07, 6.45) is 0.903. The van der Waals surface area contributed by atoms with E-state index in [1.54, 1.807) is 0 Å². The van der Waals surface area contributed by atoms with Crippen molar-refractivity contribution in [2.24, 2.45) is 5.92 Å². The lowest BCUT2D eigenvalue weighted by Crippen LogP contribution is -2.30. The fourth-order valence-corrected chi connectivity index (χ4v) is 2.20. The fourth-order valence-electron chi connectivity index (χ4n) is 2.20. The summed E-state index contributed by atoms with van der Waals surface area (Å²) in [6.45, 7) is 0. The Bertz CT molecular complexity index is 226. The van der Waals surface area contributed by atoms with Gasteiger partial charge in [0.15, 0.2) is 0 Å². The van der Waals surface area contributed by atoms with E-state index in [2.05, 4.69) is 0 Å². The molecule has 4 heteroatoms. The smallest absolute Gasteiger partial charge is 0.309 e. The summed E-state index contributed by atoms with van der Waals surface area (Å²) in [4.78, 5) is 10.6. The Labute approximate surface area is 63.1 Å². The van der Waals surface area contributed by atoms with Crippen molar-refractivity contribution < 1.29 is 19.4 Å². The van der Waals surface area contributed by atoms with Crippen molar-refractivity contribution in [3.63, 3.8) is 0 Å². The van der Waals surface area contributed by atoms with Gasteiger partial charge in [0.2, 0.25) is 0 Å². The van der Waals surface area contributed by atoms with Gasteiger partial charge in [-0.3, -0.25) is 4.79 Å². The lowest BCUT2D eigenvalue weighted by molar-refractivity contribution is -0.143. The number of rotatable bonds is 1. The molecule has 4 nitrogen and oxygen atoms in total. The topological polar surface area (TPSA) is 59.1 Å². The SMILES string of the molecule is O=C(O)[C@H]1C[C@H]2O[C@H]1[C@@H]1O[C@@H]12. The van der Waals surface area contributed by atoms with Gasteiger partial charge in [0.25, 0.3) is 0 Å². The van der Waals surface area contributed by atoms with Crippen LogP contribution in [0.4, 0.5) is 0 Å². The molecular weight excluding hydrogens is 148 g/mol. The highest BCUT2D eigenvalue weighted by molar-refractivity contribution is 5.72. The summed E-state index contributed by atoms with van der Waals surface area (Å²) in [5, 5.41) is 8.74. The number of fused-ring (bicyclic) bond motifs is 5. The van der Waals surface area contributed by atoms with Gasteiger partial charge in [-0.1, -0.05) is 0 Å². The van der Waals surface area contributed by atoms with Crippen molar-refractivity contribution in [2.45, 2.75) is 30.8 Å². The van der Waals surface area contributed by atoms with Gasteiger partial charge in [-0.05, 0) is 6.42 Å². The van der Waals surface area contributed by atoms with E-state index >= 15 is 0 Å². The zero-order valence-corrected chi connectivity index (χ0v) is 5.77. The van der Waals surface area contributed by atoms with E-state index < -0.39 is 5.97 Å². The molecule has 1 N–H and O–H groups in total. The van der Waals surface area contributed by atoms with Gasteiger partial charge in [-0.15, -0.1) is 0 Å². The second-order valence-corrected chi connectivity index (χ2v) is 3.38. The van der Waals surface area contributed by atoms with Crippen LogP contribution in [-0.4, -0.2) is 35.5 Å². The molecule has 0 aliphatic carbocycles. The van der Waals surface area contributed by atoms with Crippen LogP contribution in [0.15, 0.2) is 0 Å². The van der Waals surface area contributed by atoms with Crippen molar-refractivity contribution in [3.05, 3.63) is 0 Å². The quantitative estimate of drug-likeness (QED) is 0.526. The van der Waals surface area contributed by atoms with Crippen molar-refractivity contribution in [1.82, 2.24) is 0 Å². The van der Waals surface area contributed by atoms with Crippen molar-refractivity contribution in [3.8, 4) is 0 Å². The maximum Gasteiger partial charge on any atom is 0.309 e. The van der Waals surface area contributed by atoms with Gasteiger partial charge in [-0.2, -0.15) is 0 Å². The second kappa shape index (κ2) is 1.59. The van der Waals surface area contributed by atoms with E-state index in [0.717, 1.165) is 0 Å². The predicted molar refractivity (Wildman–Crippen MR) is 33.1 cm³/mol. The lowest BCUT2D eigenvalue weighted by atomic mass is 9.89. The minimum absolute atomic E-state index is 0.0751. The predicted octanol–water partition coefficient (Wildman–Crippen LogP) is -0.374. The number of aliphatic carboxylic acids is 1. The zero-order valence-electron chi connectivity index (χ0n) is 5.77. The average Bonchev–Trinajstić information content (AvgIpc) is 2.57. The van der Waals surface area contributed by atoms with Crippen LogP contribution in [0.25, 0.3) is 0 Å². The maximum absolute atomic E-state index is 10.6. The molecule has 3 heterocycles. The number of carbonyl (C=O) groups is 1. The average molecular weight is 156 g/mol. The van der Waals surface area contributed by atoms with Gasteiger partial charge in [0.1, 0.15) is 18.3 Å². The van der Waals surface area contributed by atoms with E-state index in [1.165, 1.54) is 0 Å². The number of epoxide rings is 1. The number of carboxylic acid groups (broad SMARTS) is 1. The molecule has 2 bridgehead atoms. The van der Waals surface area contributed by atoms with Gasteiger partial charge < -0.3 is 14.6 Å². The molecule has 3 saturated heterocycles.